The maximum absolute atomic E-state index is 13.0. The Hall–Kier alpha value is -2.08. The SMILES string of the molecule is O=C1N[C@H](C(=O)N2CCCC2C2=C3CCCC3=C(c3ccc(Br)cc3)C2)CO1. The van der Waals surface area contributed by atoms with Gasteiger partial charge in [-0.15, -0.1) is 0 Å². The van der Waals surface area contributed by atoms with Crippen LogP contribution in [0.25, 0.3) is 5.57 Å². The third-order valence-corrected chi connectivity index (χ3v) is 6.97. The highest BCUT2D eigenvalue weighted by molar-refractivity contribution is 9.10. The summed E-state index contributed by atoms with van der Waals surface area (Å²) in [6, 6.07) is 8.19. The molecule has 2 saturated heterocycles. The van der Waals surface area contributed by atoms with Crippen molar-refractivity contribution in [2.24, 2.45) is 0 Å². The molecule has 4 aliphatic rings. The Labute approximate surface area is 172 Å². The molecular formula is C22H23BrN2O3. The molecule has 2 aliphatic carbocycles. The van der Waals surface area contributed by atoms with E-state index in [1.807, 2.05) is 4.90 Å². The highest BCUT2D eigenvalue weighted by Crippen LogP contribution is 2.49. The molecule has 2 atom stereocenters. The predicted molar refractivity (Wildman–Crippen MR) is 110 cm³/mol. The number of allylic oxidation sites excluding steroid dienone is 3. The Morgan fingerprint density at radius 1 is 1.11 bits per heavy atom. The van der Waals surface area contributed by atoms with Crippen LogP contribution < -0.4 is 5.32 Å². The number of benzene rings is 1. The summed E-state index contributed by atoms with van der Waals surface area (Å²) in [5.41, 5.74) is 7.16. The normalized spacial score (nSPS) is 26.8. The zero-order valence-electron chi connectivity index (χ0n) is 15.7. The summed E-state index contributed by atoms with van der Waals surface area (Å²) in [6.07, 6.45) is 5.92. The molecule has 6 heteroatoms. The number of nitrogens with zero attached hydrogens (tertiary/aromatic N) is 1. The first-order chi connectivity index (χ1) is 13.6. The van der Waals surface area contributed by atoms with Gasteiger partial charge in [0.15, 0.2) is 0 Å². The number of hydrogen-bond acceptors (Lipinski definition) is 3. The number of alkyl carbamates (subject to hydrolysis) is 1. The number of ether oxygens (including phenoxy) is 1. The van der Waals surface area contributed by atoms with Gasteiger partial charge in [-0.3, -0.25) is 4.79 Å². The van der Waals surface area contributed by atoms with Crippen LogP contribution in [0.1, 0.15) is 44.1 Å². The number of rotatable bonds is 3. The molecule has 2 amide bonds. The van der Waals surface area contributed by atoms with Gasteiger partial charge in [0, 0.05) is 11.0 Å². The monoisotopic (exact) mass is 442 g/mol. The van der Waals surface area contributed by atoms with Gasteiger partial charge in [0.25, 0.3) is 0 Å². The zero-order valence-corrected chi connectivity index (χ0v) is 17.3. The van der Waals surface area contributed by atoms with Gasteiger partial charge in [0.05, 0.1) is 6.04 Å². The van der Waals surface area contributed by atoms with Gasteiger partial charge < -0.3 is 15.0 Å². The lowest BCUT2D eigenvalue weighted by Crippen LogP contribution is -2.48. The fourth-order valence-electron chi connectivity index (χ4n) is 5.19. The topological polar surface area (TPSA) is 58.6 Å². The fraction of sp³-hybridized carbons (Fsp3) is 0.455. The lowest BCUT2D eigenvalue weighted by molar-refractivity contribution is -0.133. The van der Waals surface area contributed by atoms with E-state index >= 15 is 0 Å². The molecule has 5 rings (SSSR count). The van der Waals surface area contributed by atoms with E-state index in [2.05, 4.69) is 45.5 Å². The molecule has 5 nitrogen and oxygen atoms in total. The van der Waals surface area contributed by atoms with Crippen molar-refractivity contribution in [3.63, 3.8) is 0 Å². The van der Waals surface area contributed by atoms with Crippen LogP contribution in [-0.2, 0) is 9.53 Å². The highest BCUT2D eigenvalue weighted by atomic mass is 79.9. The van der Waals surface area contributed by atoms with Gasteiger partial charge in [-0.05, 0) is 78.5 Å². The lowest BCUT2D eigenvalue weighted by atomic mass is 9.95. The van der Waals surface area contributed by atoms with Crippen molar-refractivity contribution >= 4 is 33.5 Å². The van der Waals surface area contributed by atoms with Crippen molar-refractivity contribution in [1.29, 1.82) is 0 Å². The van der Waals surface area contributed by atoms with Gasteiger partial charge in [0.1, 0.15) is 12.6 Å². The first-order valence-electron chi connectivity index (χ1n) is 10.1. The van der Waals surface area contributed by atoms with Crippen LogP contribution in [-0.4, -0.2) is 42.1 Å². The quantitative estimate of drug-likeness (QED) is 0.763. The van der Waals surface area contributed by atoms with Crippen molar-refractivity contribution in [3.05, 3.63) is 51.0 Å². The van der Waals surface area contributed by atoms with Crippen LogP contribution in [0.5, 0.6) is 0 Å². The predicted octanol–water partition coefficient (Wildman–Crippen LogP) is 4.19. The Morgan fingerprint density at radius 2 is 1.89 bits per heavy atom. The second kappa shape index (κ2) is 7.07. The van der Waals surface area contributed by atoms with E-state index in [9.17, 15) is 9.59 Å². The number of fused-ring (bicyclic) bond motifs is 1. The minimum absolute atomic E-state index is 0.00177. The summed E-state index contributed by atoms with van der Waals surface area (Å²) < 4.78 is 6.03. The number of carbonyl (C=O) groups excluding carboxylic acids is 2. The van der Waals surface area contributed by atoms with Crippen LogP contribution in [0.15, 0.2) is 45.5 Å². The number of carbonyl (C=O) groups is 2. The number of halogens is 1. The van der Waals surface area contributed by atoms with Crippen molar-refractivity contribution < 1.29 is 14.3 Å². The molecule has 28 heavy (non-hydrogen) atoms. The van der Waals surface area contributed by atoms with E-state index in [1.54, 1.807) is 0 Å². The summed E-state index contributed by atoms with van der Waals surface area (Å²) in [5, 5.41) is 2.64. The lowest BCUT2D eigenvalue weighted by Gasteiger charge is -2.29. The van der Waals surface area contributed by atoms with E-state index in [-0.39, 0.29) is 18.6 Å². The molecular weight excluding hydrogens is 420 g/mol. The fourth-order valence-corrected chi connectivity index (χ4v) is 5.46. The minimum atomic E-state index is -0.540. The summed E-state index contributed by atoms with van der Waals surface area (Å²) in [6.45, 7) is 0.899. The highest BCUT2D eigenvalue weighted by Gasteiger charge is 2.41. The molecule has 1 aromatic rings. The third kappa shape index (κ3) is 2.98. The standard InChI is InChI=1S/C22H23BrN2O3/c23-14-8-6-13(7-9-14)17-11-18(16-4-1-3-15(16)17)20-5-2-10-25(20)21(26)19-12-28-22(27)24-19/h6-9,19-20H,1-5,10-12H2,(H,24,27)/t19-,20?/m0/s1. The van der Waals surface area contributed by atoms with Crippen LogP contribution in [0, 0.1) is 0 Å². The molecule has 1 aromatic carbocycles. The summed E-state index contributed by atoms with van der Waals surface area (Å²) in [7, 11) is 0. The first-order valence-corrected chi connectivity index (χ1v) is 10.8. The molecule has 2 heterocycles. The van der Waals surface area contributed by atoms with Crippen molar-refractivity contribution in [2.45, 2.75) is 50.6 Å². The number of cyclic esters (lactones) is 1. The summed E-state index contributed by atoms with van der Waals surface area (Å²) in [5.74, 6) is -0.00177. The number of amides is 2. The number of likely N-dealkylation sites (tertiary alicyclic amines) is 1. The molecule has 0 aromatic heterocycles. The molecule has 1 saturated carbocycles. The molecule has 2 aliphatic heterocycles. The Balaban J connectivity index is 1.42. The van der Waals surface area contributed by atoms with Crippen LogP contribution >= 0.6 is 15.9 Å². The van der Waals surface area contributed by atoms with Crippen LogP contribution in [0.4, 0.5) is 4.79 Å². The Kier molecular flexibility index (Phi) is 4.54. The van der Waals surface area contributed by atoms with Gasteiger partial charge in [0.2, 0.25) is 5.91 Å². The summed E-state index contributed by atoms with van der Waals surface area (Å²) in [4.78, 5) is 26.4. The second-order valence-electron chi connectivity index (χ2n) is 7.98. The van der Waals surface area contributed by atoms with E-state index in [1.165, 1.54) is 34.3 Å². The zero-order chi connectivity index (χ0) is 19.3. The minimum Gasteiger partial charge on any atom is -0.447 e. The van der Waals surface area contributed by atoms with Gasteiger partial charge in [-0.2, -0.15) is 0 Å². The second-order valence-corrected chi connectivity index (χ2v) is 8.90. The average molecular weight is 443 g/mol. The maximum atomic E-state index is 13.0. The van der Waals surface area contributed by atoms with Crippen LogP contribution in [0.2, 0.25) is 0 Å². The molecule has 146 valence electrons. The largest absolute Gasteiger partial charge is 0.447 e. The first kappa shape index (κ1) is 18.0. The van der Waals surface area contributed by atoms with E-state index in [0.29, 0.717) is 0 Å². The molecule has 3 fully saturated rings. The van der Waals surface area contributed by atoms with Crippen molar-refractivity contribution in [3.8, 4) is 0 Å². The van der Waals surface area contributed by atoms with Crippen LogP contribution in [0.3, 0.4) is 0 Å². The Bertz CT molecular complexity index is 903. The van der Waals surface area contributed by atoms with Gasteiger partial charge in [-0.1, -0.05) is 28.1 Å². The molecule has 0 spiro atoms. The molecule has 0 radical (unpaired) electrons. The van der Waals surface area contributed by atoms with Gasteiger partial charge in [-0.25, -0.2) is 4.79 Å². The summed E-state index contributed by atoms with van der Waals surface area (Å²) >= 11 is 3.53. The number of nitrogens with one attached hydrogen (secondary N) is 1. The smallest absolute Gasteiger partial charge is 0.407 e. The average Bonchev–Trinajstić information content (AvgIpc) is 3.46. The van der Waals surface area contributed by atoms with Crippen molar-refractivity contribution in [2.75, 3.05) is 13.2 Å². The Morgan fingerprint density at radius 3 is 2.64 bits per heavy atom. The van der Waals surface area contributed by atoms with E-state index in [0.717, 1.165) is 43.1 Å². The van der Waals surface area contributed by atoms with Crippen molar-refractivity contribution in [1.82, 2.24) is 10.2 Å². The van der Waals surface area contributed by atoms with E-state index in [4.69, 9.17) is 4.74 Å². The molecule has 1 N–H and O–H groups in total. The third-order valence-electron chi connectivity index (χ3n) is 6.44. The van der Waals surface area contributed by atoms with Gasteiger partial charge >= 0.3 is 6.09 Å². The van der Waals surface area contributed by atoms with E-state index < -0.39 is 12.1 Å². The molecule has 0 bridgehead atoms. The molecule has 1 unspecified atom stereocenters. The maximum Gasteiger partial charge on any atom is 0.407 e. The number of hydrogen-bond donors (Lipinski definition) is 1.